The van der Waals surface area contributed by atoms with Crippen molar-refractivity contribution >= 4 is 0 Å². The van der Waals surface area contributed by atoms with Gasteiger partial charge in [-0.3, -0.25) is 4.90 Å². The van der Waals surface area contributed by atoms with Crippen molar-refractivity contribution in [1.82, 2.24) is 10.2 Å². The van der Waals surface area contributed by atoms with Crippen molar-refractivity contribution in [2.24, 2.45) is 11.8 Å². The van der Waals surface area contributed by atoms with E-state index < -0.39 is 0 Å². The lowest BCUT2D eigenvalue weighted by Gasteiger charge is -2.48. The van der Waals surface area contributed by atoms with Gasteiger partial charge in [0, 0.05) is 31.2 Å². The van der Waals surface area contributed by atoms with Crippen LogP contribution in [0.1, 0.15) is 66.2 Å². The molecule has 0 aromatic heterocycles. The second-order valence-corrected chi connectivity index (χ2v) is 7.18. The maximum absolute atomic E-state index is 3.83. The average molecular weight is 266 g/mol. The highest BCUT2D eigenvalue weighted by Gasteiger charge is 2.36. The van der Waals surface area contributed by atoms with Crippen LogP contribution in [0.15, 0.2) is 0 Å². The Morgan fingerprint density at radius 3 is 2.37 bits per heavy atom. The summed E-state index contributed by atoms with van der Waals surface area (Å²) in [5, 5.41) is 3.83. The Bertz CT molecular complexity index is 258. The molecule has 0 bridgehead atoms. The molecule has 0 aromatic carbocycles. The number of piperazine rings is 1. The van der Waals surface area contributed by atoms with Crippen molar-refractivity contribution < 1.29 is 0 Å². The molecule has 2 heteroatoms. The Morgan fingerprint density at radius 2 is 1.79 bits per heavy atom. The molecule has 2 fully saturated rings. The van der Waals surface area contributed by atoms with Crippen LogP contribution in [0.3, 0.4) is 0 Å². The number of rotatable bonds is 4. The van der Waals surface area contributed by atoms with E-state index in [1.807, 2.05) is 0 Å². The van der Waals surface area contributed by atoms with Crippen molar-refractivity contribution in [2.75, 3.05) is 13.1 Å². The topological polar surface area (TPSA) is 15.3 Å². The van der Waals surface area contributed by atoms with Crippen LogP contribution in [0.25, 0.3) is 0 Å². The predicted octanol–water partition coefficient (Wildman–Crippen LogP) is 3.66. The third-order valence-electron chi connectivity index (χ3n) is 5.58. The number of nitrogens with zero attached hydrogens (tertiary/aromatic N) is 1. The van der Waals surface area contributed by atoms with Crippen LogP contribution in [0, 0.1) is 11.8 Å². The summed E-state index contributed by atoms with van der Waals surface area (Å²) in [6.45, 7) is 12.0. The highest BCUT2D eigenvalue weighted by atomic mass is 15.3. The highest BCUT2D eigenvalue weighted by molar-refractivity contribution is 4.93. The molecule has 0 amide bonds. The van der Waals surface area contributed by atoms with E-state index in [9.17, 15) is 0 Å². The average Bonchev–Trinajstić information content (AvgIpc) is 2.46. The molecular weight excluding hydrogens is 232 g/mol. The molecule has 0 spiro atoms. The monoisotopic (exact) mass is 266 g/mol. The molecule has 1 N–H and O–H groups in total. The molecule has 3 atom stereocenters. The van der Waals surface area contributed by atoms with Gasteiger partial charge in [-0.2, -0.15) is 0 Å². The Labute approximate surface area is 120 Å². The maximum Gasteiger partial charge on any atom is 0.0252 e. The minimum absolute atomic E-state index is 0.689. The Hall–Kier alpha value is -0.0800. The number of nitrogens with one attached hydrogen (secondary N) is 1. The fourth-order valence-electron chi connectivity index (χ4n) is 3.96. The Balaban J connectivity index is 2.03. The van der Waals surface area contributed by atoms with E-state index in [2.05, 4.69) is 37.9 Å². The first-order valence-corrected chi connectivity index (χ1v) is 8.62. The molecule has 2 rings (SSSR count). The van der Waals surface area contributed by atoms with Crippen LogP contribution in [0.2, 0.25) is 0 Å². The molecule has 1 saturated heterocycles. The molecule has 1 saturated carbocycles. The summed E-state index contributed by atoms with van der Waals surface area (Å²) in [6.07, 6.45) is 8.60. The lowest BCUT2D eigenvalue weighted by atomic mass is 9.81. The van der Waals surface area contributed by atoms with E-state index in [1.165, 1.54) is 51.6 Å². The lowest BCUT2D eigenvalue weighted by Crippen LogP contribution is -2.62. The SMILES string of the molecule is CCC(C)N1CC(C(C)C)NCC1C1CCCCC1. The van der Waals surface area contributed by atoms with Crippen molar-refractivity contribution in [3.63, 3.8) is 0 Å². The largest absolute Gasteiger partial charge is 0.311 e. The smallest absolute Gasteiger partial charge is 0.0252 e. The molecule has 19 heavy (non-hydrogen) atoms. The molecule has 0 radical (unpaired) electrons. The third-order valence-corrected chi connectivity index (χ3v) is 5.58. The van der Waals surface area contributed by atoms with E-state index in [0.29, 0.717) is 6.04 Å². The third kappa shape index (κ3) is 3.72. The minimum atomic E-state index is 0.689. The van der Waals surface area contributed by atoms with Gasteiger partial charge >= 0.3 is 0 Å². The van der Waals surface area contributed by atoms with Gasteiger partial charge in [0.05, 0.1) is 0 Å². The second-order valence-electron chi connectivity index (χ2n) is 7.18. The Morgan fingerprint density at radius 1 is 1.11 bits per heavy atom. The molecule has 1 aliphatic heterocycles. The fourth-order valence-corrected chi connectivity index (χ4v) is 3.96. The standard InChI is InChI=1S/C17H34N2/c1-5-14(4)19-12-16(13(2)3)18-11-17(19)15-9-7-6-8-10-15/h13-18H,5-12H2,1-4H3. The molecule has 2 aliphatic rings. The number of hydrogen-bond donors (Lipinski definition) is 1. The zero-order valence-electron chi connectivity index (χ0n) is 13.5. The summed E-state index contributed by atoms with van der Waals surface area (Å²) in [6, 6.07) is 2.23. The summed E-state index contributed by atoms with van der Waals surface area (Å²) < 4.78 is 0. The van der Waals surface area contributed by atoms with E-state index in [-0.39, 0.29) is 0 Å². The lowest BCUT2D eigenvalue weighted by molar-refractivity contribution is 0.0312. The normalized spacial score (nSPS) is 32.7. The quantitative estimate of drug-likeness (QED) is 0.835. The van der Waals surface area contributed by atoms with Gasteiger partial charge in [0.1, 0.15) is 0 Å². The van der Waals surface area contributed by atoms with Gasteiger partial charge in [0.2, 0.25) is 0 Å². The molecule has 1 heterocycles. The van der Waals surface area contributed by atoms with Gasteiger partial charge in [-0.05, 0) is 38.0 Å². The van der Waals surface area contributed by atoms with Gasteiger partial charge < -0.3 is 5.32 Å². The minimum Gasteiger partial charge on any atom is -0.311 e. The van der Waals surface area contributed by atoms with E-state index in [0.717, 1.165) is 23.9 Å². The van der Waals surface area contributed by atoms with Crippen LogP contribution in [0.5, 0.6) is 0 Å². The van der Waals surface area contributed by atoms with Gasteiger partial charge in [-0.25, -0.2) is 0 Å². The first kappa shape index (κ1) is 15.3. The molecule has 3 unspecified atom stereocenters. The number of hydrogen-bond acceptors (Lipinski definition) is 2. The summed E-state index contributed by atoms with van der Waals surface area (Å²) in [7, 11) is 0. The first-order chi connectivity index (χ1) is 9.13. The highest BCUT2D eigenvalue weighted by Crippen LogP contribution is 2.32. The zero-order valence-corrected chi connectivity index (χ0v) is 13.5. The fraction of sp³-hybridized carbons (Fsp3) is 1.00. The summed E-state index contributed by atoms with van der Waals surface area (Å²) in [5.41, 5.74) is 0. The molecule has 2 nitrogen and oxygen atoms in total. The van der Waals surface area contributed by atoms with Crippen LogP contribution in [-0.4, -0.2) is 36.1 Å². The van der Waals surface area contributed by atoms with Gasteiger partial charge in [-0.1, -0.05) is 40.0 Å². The summed E-state index contributed by atoms with van der Waals surface area (Å²) >= 11 is 0. The van der Waals surface area contributed by atoms with Crippen molar-refractivity contribution in [2.45, 2.75) is 84.3 Å². The van der Waals surface area contributed by atoms with Gasteiger partial charge in [0.15, 0.2) is 0 Å². The van der Waals surface area contributed by atoms with Crippen LogP contribution in [-0.2, 0) is 0 Å². The van der Waals surface area contributed by atoms with Crippen LogP contribution >= 0.6 is 0 Å². The summed E-state index contributed by atoms with van der Waals surface area (Å²) in [4.78, 5) is 2.84. The van der Waals surface area contributed by atoms with E-state index >= 15 is 0 Å². The molecular formula is C17H34N2. The van der Waals surface area contributed by atoms with E-state index in [4.69, 9.17) is 0 Å². The second kappa shape index (κ2) is 7.08. The van der Waals surface area contributed by atoms with Crippen molar-refractivity contribution in [3.05, 3.63) is 0 Å². The van der Waals surface area contributed by atoms with Crippen molar-refractivity contribution in [3.8, 4) is 0 Å². The first-order valence-electron chi connectivity index (χ1n) is 8.62. The predicted molar refractivity (Wildman–Crippen MR) is 83.5 cm³/mol. The molecule has 0 aromatic rings. The molecule has 112 valence electrons. The molecule has 1 aliphatic carbocycles. The Kier molecular flexibility index (Phi) is 5.70. The van der Waals surface area contributed by atoms with Crippen molar-refractivity contribution in [1.29, 1.82) is 0 Å². The van der Waals surface area contributed by atoms with E-state index in [1.54, 1.807) is 0 Å². The maximum atomic E-state index is 3.83. The van der Waals surface area contributed by atoms with Crippen LogP contribution in [0.4, 0.5) is 0 Å². The van der Waals surface area contributed by atoms with Gasteiger partial charge in [0.25, 0.3) is 0 Å². The van der Waals surface area contributed by atoms with Crippen LogP contribution < -0.4 is 5.32 Å². The summed E-state index contributed by atoms with van der Waals surface area (Å²) in [5.74, 6) is 1.70. The van der Waals surface area contributed by atoms with Gasteiger partial charge in [-0.15, -0.1) is 0 Å². The zero-order chi connectivity index (χ0) is 13.8.